The number of aryl methyl sites for hydroxylation is 1. The number of fused-ring (bicyclic) bond motifs is 2. The maximum absolute atomic E-state index is 13.6. The first kappa shape index (κ1) is 25.3. The number of thiazole rings is 1. The van der Waals surface area contributed by atoms with E-state index in [1.165, 1.54) is 16.2 Å². The van der Waals surface area contributed by atoms with Crippen LogP contribution in [0.2, 0.25) is 0 Å². The van der Waals surface area contributed by atoms with Gasteiger partial charge in [-0.3, -0.25) is 14.5 Å². The molecule has 1 N–H and O–H groups in total. The first-order valence-corrected chi connectivity index (χ1v) is 13.9. The Hall–Kier alpha value is -3.97. The van der Waals surface area contributed by atoms with Crippen molar-refractivity contribution in [2.75, 3.05) is 4.90 Å². The molecule has 2 aliphatic rings. The molecule has 6 nitrogen and oxygen atoms in total. The molecule has 0 radical (unpaired) electrons. The number of anilines is 1. The predicted octanol–water partition coefficient (Wildman–Crippen LogP) is 6.85. The second-order valence-corrected chi connectivity index (χ2v) is 12.5. The van der Waals surface area contributed by atoms with E-state index in [0.29, 0.717) is 17.1 Å². The van der Waals surface area contributed by atoms with Gasteiger partial charge in [0.05, 0.1) is 21.8 Å². The molecule has 0 aliphatic carbocycles. The van der Waals surface area contributed by atoms with Crippen LogP contribution in [-0.2, 0) is 21.4 Å². The largest absolute Gasteiger partial charge is 0.507 e. The number of amides is 1. The van der Waals surface area contributed by atoms with Gasteiger partial charge in [0.15, 0.2) is 5.13 Å². The van der Waals surface area contributed by atoms with E-state index >= 15 is 0 Å². The third-order valence-electron chi connectivity index (χ3n) is 7.45. The number of nitrogens with zero attached hydrogens (tertiary/aromatic N) is 2. The fraction of sp³-hybridized carbons (Fsp3) is 0.281. The number of hydrogen-bond donors (Lipinski definition) is 1. The summed E-state index contributed by atoms with van der Waals surface area (Å²) in [6, 6.07) is 18.4. The zero-order chi connectivity index (χ0) is 27.6. The van der Waals surface area contributed by atoms with Gasteiger partial charge in [-0.15, -0.1) is 0 Å². The Labute approximate surface area is 231 Å². The maximum Gasteiger partial charge on any atom is 0.301 e. The molecular formula is C32H30N2O4S. The second kappa shape index (κ2) is 9.06. The van der Waals surface area contributed by atoms with Crippen molar-refractivity contribution in [2.45, 2.75) is 58.6 Å². The molecule has 1 saturated heterocycles. The number of Topliss-reactive ketones (excluding diaryl/α,β-unsaturated/α-hetero) is 1. The number of aliphatic hydroxyl groups is 1. The normalized spacial score (nSPS) is 20.5. The summed E-state index contributed by atoms with van der Waals surface area (Å²) in [5.74, 6) is -0.841. The second-order valence-electron chi connectivity index (χ2n) is 11.5. The lowest BCUT2D eigenvalue weighted by Gasteiger charge is -2.24. The zero-order valence-electron chi connectivity index (χ0n) is 22.6. The summed E-state index contributed by atoms with van der Waals surface area (Å²) in [6.07, 6.45) is 0.764. The van der Waals surface area contributed by atoms with Crippen LogP contribution in [0.25, 0.3) is 16.0 Å². The molecule has 198 valence electrons. The van der Waals surface area contributed by atoms with Gasteiger partial charge in [0.25, 0.3) is 5.78 Å². The zero-order valence-corrected chi connectivity index (χ0v) is 23.4. The van der Waals surface area contributed by atoms with E-state index in [9.17, 15) is 14.7 Å². The van der Waals surface area contributed by atoms with Crippen LogP contribution in [0.5, 0.6) is 5.75 Å². The molecule has 2 atom stereocenters. The number of ether oxygens (including phenoxy) is 1. The van der Waals surface area contributed by atoms with E-state index in [1.807, 2.05) is 68.4 Å². The number of carbonyl (C=O) groups is 2. The van der Waals surface area contributed by atoms with E-state index in [4.69, 9.17) is 9.72 Å². The van der Waals surface area contributed by atoms with Gasteiger partial charge in [-0.25, -0.2) is 4.98 Å². The summed E-state index contributed by atoms with van der Waals surface area (Å²) in [7, 11) is 0. The van der Waals surface area contributed by atoms with Gasteiger partial charge < -0.3 is 9.84 Å². The van der Waals surface area contributed by atoms with Crippen LogP contribution in [-0.4, -0.2) is 27.9 Å². The minimum absolute atomic E-state index is 0.0481. The average Bonchev–Trinajstić information content (AvgIpc) is 3.55. The number of hydrogen-bond acceptors (Lipinski definition) is 6. The molecule has 6 rings (SSSR count). The number of aliphatic hydroxyl groups excluding tert-OH is 1. The van der Waals surface area contributed by atoms with Crippen molar-refractivity contribution in [2.24, 2.45) is 0 Å². The van der Waals surface area contributed by atoms with Crippen LogP contribution in [0.15, 0.2) is 66.2 Å². The molecule has 7 heteroatoms. The summed E-state index contributed by atoms with van der Waals surface area (Å²) >= 11 is 1.37. The summed E-state index contributed by atoms with van der Waals surface area (Å²) in [5.41, 5.74) is 5.17. The summed E-state index contributed by atoms with van der Waals surface area (Å²) in [5, 5.41) is 12.0. The molecule has 39 heavy (non-hydrogen) atoms. The van der Waals surface area contributed by atoms with Crippen molar-refractivity contribution >= 4 is 44.1 Å². The van der Waals surface area contributed by atoms with Gasteiger partial charge in [-0.2, -0.15) is 0 Å². The minimum atomic E-state index is -0.816. The Morgan fingerprint density at radius 3 is 2.51 bits per heavy atom. The molecular weight excluding hydrogens is 508 g/mol. The van der Waals surface area contributed by atoms with Gasteiger partial charge in [0, 0.05) is 12.0 Å². The highest BCUT2D eigenvalue weighted by atomic mass is 32.1. The van der Waals surface area contributed by atoms with Crippen molar-refractivity contribution in [1.82, 2.24) is 4.98 Å². The van der Waals surface area contributed by atoms with Crippen molar-refractivity contribution in [3.05, 3.63) is 94.1 Å². The van der Waals surface area contributed by atoms with Crippen LogP contribution in [0.1, 0.15) is 61.6 Å². The number of benzene rings is 3. The van der Waals surface area contributed by atoms with E-state index in [-0.39, 0.29) is 22.9 Å². The quantitative estimate of drug-likeness (QED) is 0.175. The Balaban J connectivity index is 1.53. The summed E-state index contributed by atoms with van der Waals surface area (Å²) in [4.78, 5) is 33.4. The lowest BCUT2D eigenvalue weighted by Crippen LogP contribution is -2.29. The van der Waals surface area contributed by atoms with Crippen molar-refractivity contribution in [1.29, 1.82) is 0 Å². The highest BCUT2D eigenvalue weighted by Crippen LogP contribution is 2.45. The molecule has 3 heterocycles. The van der Waals surface area contributed by atoms with Crippen LogP contribution in [0, 0.1) is 6.92 Å². The minimum Gasteiger partial charge on any atom is -0.507 e. The van der Waals surface area contributed by atoms with Crippen LogP contribution < -0.4 is 9.64 Å². The monoisotopic (exact) mass is 538 g/mol. The Kier molecular flexibility index (Phi) is 5.88. The smallest absolute Gasteiger partial charge is 0.301 e. The standard InChI is InChI=1S/C32H30N2O4S/c1-17-6-12-23-25(14-17)39-31(33-23)34-27(19-7-10-22(11-8-19)32(3,4)5)26(29(36)30(34)37)28(35)20-9-13-24-21(16-20)15-18(2)38-24/h6-14,16,18,27,35H,15H2,1-5H3/t18-,27-/m0/s1. The molecule has 2 aliphatic heterocycles. The third-order valence-corrected chi connectivity index (χ3v) is 8.46. The van der Waals surface area contributed by atoms with Gasteiger partial charge in [0.1, 0.15) is 17.6 Å². The Morgan fingerprint density at radius 1 is 1.05 bits per heavy atom. The fourth-order valence-electron chi connectivity index (χ4n) is 5.36. The lowest BCUT2D eigenvalue weighted by atomic mass is 9.85. The van der Waals surface area contributed by atoms with E-state index < -0.39 is 17.7 Å². The molecule has 1 amide bonds. The molecule has 0 bridgehead atoms. The molecule has 0 unspecified atom stereocenters. The molecule has 4 aromatic rings. The Morgan fingerprint density at radius 2 is 1.79 bits per heavy atom. The number of ketones is 1. The number of rotatable bonds is 3. The lowest BCUT2D eigenvalue weighted by molar-refractivity contribution is -0.132. The molecule has 0 saturated carbocycles. The Bertz CT molecular complexity index is 1680. The molecule has 0 spiro atoms. The first-order valence-electron chi connectivity index (χ1n) is 13.1. The van der Waals surface area contributed by atoms with Gasteiger partial charge in [-0.1, -0.05) is 62.4 Å². The fourth-order valence-corrected chi connectivity index (χ4v) is 6.45. The van der Waals surface area contributed by atoms with E-state index in [2.05, 4.69) is 20.8 Å². The molecule has 3 aromatic carbocycles. The van der Waals surface area contributed by atoms with Crippen molar-refractivity contribution in [3.63, 3.8) is 0 Å². The molecule has 1 fully saturated rings. The predicted molar refractivity (Wildman–Crippen MR) is 155 cm³/mol. The number of carbonyl (C=O) groups excluding carboxylic acids is 2. The highest BCUT2D eigenvalue weighted by molar-refractivity contribution is 7.22. The average molecular weight is 539 g/mol. The van der Waals surface area contributed by atoms with Crippen LogP contribution >= 0.6 is 11.3 Å². The topological polar surface area (TPSA) is 79.7 Å². The third kappa shape index (κ3) is 4.31. The maximum atomic E-state index is 13.6. The van der Waals surface area contributed by atoms with E-state index in [1.54, 1.807) is 6.07 Å². The van der Waals surface area contributed by atoms with E-state index in [0.717, 1.165) is 38.2 Å². The number of aromatic nitrogens is 1. The molecule has 1 aromatic heterocycles. The van der Waals surface area contributed by atoms with Gasteiger partial charge >= 0.3 is 5.91 Å². The summed E-state index contributed by atoms with van der Waals surface area (Å²) < 4.78 is 6.74. The first-order chi connectivity index (χ1) is 18.5. The highest BCUT2D eigenvalue weighted by Gasteiger charge is 2.48. The van der Waals surface area contributed by atoms with Crippen molar-refractivity contribution in [3.8, 4) is 5.75 Å². The SMILES string of the molecule is Cc1ccc2nc(N3C(=O)C(=O)C(=C(O)c4ccc5c(c4)C[C@H](C)O5)[C@@H]3c3ccc(C(C)(C)C)cc3)sc2c1. The van der Waals surface area contributed by atoms with Crippen LogP contribution in [0.3, 0.4) is 0 Å². The van der Waals surface area contributed by atoms with Crippen LogP contribution in [0.4, 0.5) is 5.13 Å². The van der Waals surface area contributed by atoms with Gasteiger partial charge in [-0.05, 0) is 71.8 Å². The summed E-state index contributed by atoms with van der Waals surface area (Å²) in [6.45, 7) is 10.4. The van der Waals surface area contributed by atoms with Gasteiger partial charge in [0.2, 0.25) is 0 Å². The van der Waals surface area contributed by atoms with Crippen molar-refractivity contribution < 1.29 is 19.4 Å².